The second kappa shape index (κ2) is 17.1. The molecular formula is C46H47NO18. The van der Waals surface area contributed by atoms with Crippen molar-refractivity contribution in [2.45, 2.75) is 107 Å². The number of ether oxygens (including phenoxy) is 8. The molecule has 3 aromatic rings. The Morgan fingerprint density at radius 3 is 1.94 bits per heavy atom. The molecule has 2 aliphatic carbocycles. The maximum atomic E-state index is 15.6. The number of carbonyl (C=O) groups is 8. The monoisotopic (exact) mass is 901 g/mol. The van der Waals surface area contributed by atoms with E-state index in [1.165, 1.54) is 73.8 Å². The Hall–Kier alpha value is -6.57. The summed E-state index contributed by atoms with van der Waals surface area (Å²) < 4.78 is 48.9. The molecule has 2 aliphatic heterocycles. The van der Waals surface area contributed by atoms with Crippen LogP contribution in [-0.4, -0.2) is 129 Å². The number of pyridine rings is 1. The fourth-order valence-corrected chi connectivity index (χ4v) is 9.75. The zero-order valence-corrected chi connectivity index (χ0v) is 36.2. The Morgan fingerprint density at radius 2 is 1.35 bits per heavy atom. The maximum absolute atomic E-state index is 15.6. The highest BCUT2D eigenvalue weighted by atomic mass is 16.7. The van der Waals surface area contributed by atoms with Gasteiger partial charge in [-0.2, -0.15) is 0 Å². The van der Waals surface area contributed by atoms with E-state index in [9.17, 15) is 43.8 Å². The van der Waals surface area contributed by atoms with Gasteiger partial charge in [0.25, 0.3) is 0 Å². The Morgan fingerprint density at radius 1 is 0.754 bits per heavy atom. The van der Waals surface area contributed by atoms with Gasteiger partial charge in [0.15, 0.2) is 41.4 Å². The van der Waals surface area contributed by atoms with Crippen molar-refractivity contribution in [1.82, 2.24) is 4.98 Å². The number of rotatable bonds is 8. The van der Waals surface area contributed by atoms with E-state index in [-0.39, 0.29) is 28.8 Å². The smallest absolute Gasteiger partial charge is 0.340 e. The molecule has 19 nitrogen and oxygen atoms in total. The molecule has 7 rings (SSSR count). The molecule has 11 atom stereocenters. The molecule has 1 saturated heterocycles. The predicted octanol–water partition coefficient (Wildman–Crippen LogP) is 2.20. The third-order valence-corrected chi connectivity index (χ3v) is 12.6. The molecule has 3 heterocycles. The lowest BCUT2D eigenvalue weighted by Crippen LogP contribution is -2.89. The Labute approximate surface area is 371 Å². The van der Waals surface area contributed by atoms with Crippen molar-refractivity contribution in [2.75, 3.05) is 13.2 Å². The van der Waals surface area contributed by atoms with Crippen molar-refractivity contribution in [1.29, 1.82) is 0 Å². The average Bonchev–Trinajstić information content (AvgIpc) is 3.49. The zero-order valence-electron chi connectivity index (χ0n) is 36.2. The summed E-state index contributed by atoms with van der Waals surface area (Å²) in [7, 11) is 0. The van der Waals surface area contributed by atoms with Crippen LogP contribution >= 0.6 is 0 Å². The lowest BCUT2D eigenvalue weighted by atomic mass is 9.45. The second-order valence-corrected chi connectivity index (χ2v) is 17.1. The highest BCUT2D eigenvalue weighted by molar-refractivity contribution is 5.95. The number of aryl methyl sites for hydroxylation is 1. The number of aromatic nitrogens is 1. The number of aliphatic hydroxyl groups is 2. The number of carbonyl (C=O) groups excluding carboxylic acids is 8. The average molecular weight is 902 g/mol. The van der Waals surface area contributed by atoms with Gasteiger partial charge in [-0.15, -0.1) is 0 Å². The summed E-state index contributed by atoms with van der Waals surface area (Å²) in [6.07, 6.45) is -10.7. The first-order valence-electron chi connectivity index (χ1n) is 20.6. The fraction of sp³-hybridized carbons (Fsp3) is 0.457. The van der Waals surface area contributed by atoms with E-state index in [1.54, 1.807) is 12.1 Å². The molecule has 2 saturated carbocycles. The van der Waals surface area contributed by atoms with Gasteiger partial charge in [-0.3, -0.25) is 24.2 Å². The Kier molecular flexibility index (Phi) is 12.2. The molecule has 1 spiro atoms. The van der Waals surface area contributed by atoms with Crippen LogP contribution in [0, 0.1) is 11.3 Å². The molecule has 1 aromatic heterocycles. The van der Waals surface area contributed by atoms with Crippen molar-refractivity contribution >= 4 is 47.6 Å². The van der Waals surface area contributed by atoms with E-state index in [2.05, 4.69) is 4.98 Å². The first-order valence-corrected chi connectivity index (χ1v) is 20.6. The van der Waals surface area contributed by atoms with Gasteiger partial charge in [0.1, 0.15) is 35.9 Å². The number of ketones is 1. The summed E-state index contributed by atoms with van der Waals surface area (Å²) in [5.74, 6) is -11.1. The van der Waals surface area contributed by atoms with E-state index in [4.69, 9.17) is 37.9 Å². The topological polar surface area (TPSA) is 264 Å². The van der Waals surface area contributed by atoms with E-state index in [1.807, 2.05) is 0 Å². The number of esters is 7. The lowest BCUT2D eigenvalue weighted by Gasteiger charge is -2.66. The number of nitrogens with zero attached hydrogens (tertiary/aromatic N) is 1. The first kappa shape index (κ1) is 46.4. The number of fused-ring (bicyclic) bond motifs is 5. The first-order chi connectivity index (χ1) is 30.6. The summed E-state index contributed by atoms with van der Waals surface area (Å²) in [5.41, 5.74) is -13.8. The summed E-state index contributed by atoms with van der Waals surface area (Å²) >= 11 is 0. The molecular weight excluding hydrogens is 854 g/mol. The van der Waals surface area contributed by atoms with Gasteiger partial charge in [0.2, 0.25) is 0 Å². The van der Waals surface area contributed by atoms with Gasteiger partial charge in [-0.25, -0.2) is 19.2 Å². The molecule has 19 heteroatoms. The van der Waals surface area contributed by atoms with Gasteiger partial charge in [0, 0.05) is 27.0 Å². The molecule has 65 heavy (non-hydrogen) atoms. The number of cyclic esters (lactones) is 1. The molecule has 2 N–H and O–H groups in total. The number of Topliss-reactive ketones (excluding diaryl/α,β-unsaturated/α-hetero) is 1. The number of hydrogen-bond acceptors (Lipinski definition) is 19. The van der Waals surface area contributed by atoms with E-state index >= 15 is 4.79 Å². The third kappa shape index (κ3) is 7.80. The number of benzene rings is 2. The maximum Gasteiger partial charge on any atom is 0.340 e. The van der Waals surface area contributed by atoms with Crippen LogP contribution in [0.2, 0.25) is 0 Å². The summed E-state index contributed by atoms with van der Waals surface area (Å²) in [5, 5.41) is 25.5. The van der Waals surface area contributed by atoms with Gasteiger partial charge >= 0.3 is 41.8 Å². The van der Waals surface area contributed by atoms with E-state index in [0.29, 0.717) is 0 Å². The van der Waals surface area contributed by atoms with E-state index in [0.717, 1.165) is 34.6 Å². The Bertz CT molecular complexity index is 2420. The Balaban J connectivity index is 1.61. The van der Waals surface area contributed by atoms with Crippen molar-refractivity contribution in [3.8, 4) is 0 Å². The van der Waals surface area contributed by atoms with Crippen LogP contribution in [0.15, 0.2) is 79.0 Å². The van der Waals surface area contributed by atoms with Crippen LogP contribution in [0.5, 0.6) is 0 Å². The molecule has 0 radical (unpaired) electrons. The quantitative estimate of drug-likeness (QED) is 0.242. The highest BCUT2D eigenvalue weighted by Gasteiger charge is 2.91. The molecule has 2 aromatic carbocycles. The summed E-state index contributed by atoms with van der Waals surface area (Å²) in [4.78, 5) is 117. The summed E-state index contributed by atoms with van der Waals surface area (Å²) in [6, 6.07) is 17.3. The predicted molar refractivity (Wildman–Crippen MR) is 216 cm³/mol. The van der Waals surface area contributed by atoms with Gasteiger partial charge in [-0.05, 0) is 70.0 Å². The normalized spacial score (nSPS) is 34.0. The minimum Gasteiger partial charge on any atom is -0.465 e. The van der Waals surface area contributed by atoms with Crippen molar-refractivity contribution in [3.63, 3.8) is 0 Å². The van der Waals surface area contributed by atoms with Gasteiger partial charge in [0.05, 0.1) is 28.3 Å². The molecule has 344 valence electrons. The van der Waals surface area contributed by atoms with Crippen LogP contribution in [0.25, 0.3) is 0 Å². The molecule has 3 fully saturated rings. The van der Waals surface area contributed by atoms with E-state index < -0.39 is 131 Å². The molecule has 4 bridgehead atoms. The van der Waals surface area contributed by atoms with Crippen LogP contribution in [0.1, 0.15) is 84.7 Å². The molecule has 4 aliphatic rings. The minimum atomic E-state index is -3.03. The minimum absolute atomic E-state index is 0.0766. The molecule has 1 unspecified atom stereocenters. The third-order valence-electron chi connectivity index (χ3n) is 12.6. The number of hydrogen-bond donors (Lipinski definition) is 2. The fourth-order valence-electron chi connectivity index (χ4n) is 9.75. The van der Waals surface area contributed by atoms with Crippen LogP contribution in [-0.2, 0) is 68.3 Å². The SMILES string of the molecule is CC(=O)OC[C@]12[C@H](OC(C)=O)C(=O)[C@@H]3[C@@H](OC(C)=O)[C@@]14O[C@@]3(C)COC(=O)c1cccnc1CCC(C)(O)C(=O)O[C@@H]([C@H](OC(=O)c1ccccc1)[C@@H]2OC(=O)c1ccccc1)[C@]4(C)O. The van der Waals surface area contributed by atoms with Gasteiger partial charge < -0.3 is 48.1 Å². The van der Waals surface area contributed by atoms with Crippen LogP contribution in [0.4, 0.5) is 0 Å². The largest absolute Gasteiger partial charge is 0.465 e. The zero-order chi connectivity index (χ0) is 47.3. The van der Waals surface area contributed by atoms with Crippen molar-refractivity contribution in [2.24, 2.45) is 11.3 Å². The van der Waals surface area contributed by atoms with Crippen molar-refractivity contribution < 1.29 is 86.5 Å². The molecule has 0 amide bonds. The van der Waals surface area contributed by atoms with Gasteiger partial charge in [-0.1, -0.05) is 36.4 Å². The van der Waals surface area contributed by atoms with Crippen LogP contribution < -0.4 is 0 Å². The summed E-state index contributed by atoms with van der Waals surface area (Å²) in [6.45, 7) is 4.17. The van der Waals surface area contributed by atoms with Crippen LogP contribution in [0.3, 0.4) is 0 Å². The highest BCUT2D eigenvalue weighted by Crippen LogP contribution is 2.69. The van der Waals surface area contributed by atoms with Crippen molar-refractivity contribution in [3.05, 3.63) is 101 Å². The lowest BCUT2D eigenvalue weighted by molar-refractivity contribution is -0.375. The second-order valence-electron chi connectivity index (χ2n) is 17.1. The standard InChI is InChI=1S/C46H47NO18/c1-24(48)58-23-45-35(61-26(3)50)32(51)31-34(60-25(2)49)46(45)44(6,57)36(33(62-38(52)27-14-9-7-10-15-27)37(45)63-39(53)28-16-11-8-12-17-28)64-41(55)42(4,56)20-19-30-29(18-13-21-47-30)40(54)59-22-43(31,5)65-46/h7-18,21,31,33-37,56-57H,19-20,22-23H2,1-6H3/t31-,33+,34-,35-,36+,37+,42?,43+,44+,45-,46+/m1/s1.